The van der Waals surface area contributed by atoms with Crippen LogP contribution in [-0.2, 0) is 9.47 Å². The Hall–Kier alpha value is -0.120. The lowest BCUT2D eigenvalue weighted by Gasteiger charge is -2.33. The molecule has 114 valence electrons. The zero-order valence-corrected chi connectivity index (χ0v) is 13.1. The summed E-state index contributed by atoms with van der Waals surface area (Å²) in [4.78, 5) is 0. The Balaban J connectivity index is 2.64. The Morgan fingerprint density at radius 2 is 1.53 bits per heavy atom. The van der Waals surface area contributed by atoms with E-state index in [9.17, 15) is 0 Å². The molecule has 0 radical (unpaired) electrons. The molecule has 1 aliphatic rings. The molecule has 0 aromatic heterocycles. The summed E-state index contributed by atoms with van der Waals surface area (Å²) >= 11 is 0. The molecule has 0 amide bonds. The van der Waals surface area contributed by atoms with Gasteiger partial charge in [0.2, 0.25) is 0 Å². The van der Waals surface area contributed by atoms with Crippen LogP contribution in [0.15, 0.2) is 0 Å². The number of ether oxygens (including phenoxy) is 2. The second-order valence-corrected chi connectivity index (χ2v) is 5.51. The molecule has 1 saturated carbocycles. The van der Waals surface area contributed by atoms with Crippen molar-refractivity contribution in [3.8, 4) is 0 Å². The van der Waals surface area contributed by atoms with E-state index in [0.717, 1.165) is 26.2 Å². The van der Waals surface area contributed by atoms with Gasteiger partial charge in [0.25, 0.3) is 0 Å². The first-order valence-corrected chi connectivity index (χ1v) is 8.30. The van der Waals surface area contributed by atoms with Gasteiger partial charge in [-0.3, -0.25) is 0 Å². The van der Waals surface area contributed by atoms with Crippen LogP contribution in [0.5, 0.6) is 0 Å². The Morgan fingerprint density at radius 3 is 2.00 bits per heavy atom. The maximum absolute atomic E-state index is 5.85. The molecular weight excluding hydrogens is 238 g/mol. The standard InChI is InChI=1S/C16H33NO2/c1-4-13-17-15(16(18-5-2)19-6-3)14-11-9-7-8-10-12-14/h14-17H,4-13H2,1-3H3. The Kier molecular flexibility index (Phi) is 9.48. The topological polar surface area (TPSA) is 30.5 Å². The number of rotatable bonds is 9. The van der Waals surface area contributed by atoms with Gasteiger partial charge < -0.3 is 14.8 Å². The second kappa shape index (κ2) is 10.6. The van der Waals surface area contributed by atoms with Crippen LogP contribution in [-0.4, -0.2) is 32.1 Å². The fourth-order valence-electron chi connectivity index (χ4n) is 3.05. The predicted octanol–water partition coefficient (Wildman–Crippen LogP) is 3.72. The molecule has 0 aromatic carbocycles. The average Bonchev–Trinajstić information content (AvgIpc) is 2.69. The third-order valence-electron chi connectivity index (χ3n) is 3.99. The molecule has 1 aliphatic carbocycles. The van der Waals surface area contributed by atoms with Crippen molar-refractivity contribution >= 4 is 0 Å². The smallest absolute Gasteiger partial charge is 0.172 e. The molecule has 0 bridgehead atoms. The third kappa shape index (κ3) is 6.24. The molecule has 19 heavy (non-hydrogen) atoms. The van der Waals surface area contributed by atoms with Gasteiger partial charge in [-0.1, -0.05) is 32.6 Å². The molecule has 1 fully saturated rings. The van der Waals surface area contributed by atoms with Crippen LogP contribution in [0.25, 0.3) is 0 Å². The van der Waals surface area contributed by atoms with Crippen LogP contribution < -0.4 is 5.32 Å². The van der Waals surface area contributed by atoms with Gasteiger partial charge in [-0.15, -0.1) is 0 Å². The first-order valence-electron chi connectivity index (χ1n) is 8.30. The minimum atomic E-state index is -0.0790. The molecule has 0 heterocycles. The summed E-state index contributed by atoms with van der Waals surface area (Å²) in [7, 11) is 0. The molecule has 0 saturated heterocycles. The SMILES string of the molecule is CCCNC(C1CCCCCC1)C(OCC)OCC. The summed E-state index contributed by atoms with van der Waals surface area (Å²) in [5.41, 5.74) is 0. The Labute approximate surface area is 119 Å². The summed E-state index contributed by atoms with van der Waals surface area (Å²) in [5.74, 6) is 0.706. The maximum Gasteiger partial charge on any atom is 0.172 e. The maximum atomic E-state index is 5.85. The minimum absolute atomic E-state index is 0.0790. The van der Waals surface area contributed by atoms with Crippen LogP contribution in [0.1, 0.15) is 65.7 Å². The number of hydrogen-bond donors (Lipinski definition) is 1. The lowest BCUT2D eigenvalue weighted by Crippen LogP contribution is -2.48. The average molecular weight is 271 g/mol. The van der Waals surface area contributed by atoms with E-state index in [4.69, 9.17) is 9.47 Å². The van der Waals surface area contributed by atoms with Gasteiger partial charge in [0.1, 0.15) is 0 Å². The quantitative estimate of drug-likeness (QED) is 0.512. The molecule has 1 atom stereocenters. The molecule has 1 N–H and O–H groups in total. The molecular formula is C16H33NO2. The van der Waals surface area contributed by atoms with Crippen LogP contribution in [0.4, 0.5) is 0 Å². The zero-order valence-electron chi connectivity index (χ0n) is 13.1. The first kappa shape index (κ1) is 16.9. The Morgan fingerprint density at radius 1 is 0.947 bits per heavy atom. The van der Waals surface area contributed by atoms with Crippen molar-refractivity contribution in [3.05, 3.63) is 0 Å². The predicted molar refractivity (Wildman–Crippen MR) is 80.3 cm³/mol. The molecule has 3 nitrogen and oxygen atoms in total. The highest BCUT2D eigenvalue weighted by molar-refractivity contribution is 4.81. The summed E-state index contributed by atoms with van der Waals surface area (Å²) in [6, 6.07) is 0.359. The van der Waals surface area contributed by atoms with Gasteiger partial charge in [-0.05, 0) is 45.6 Å². The van der Waals surface area contributed by atoms with E-state index in [0.29, 0.717) is 12.0 Å². The summed E-state index contributed by atoms with van der Waals surface area (Å²) < 4.78 is 11.7. The van der Waals surface area contributed by atoms with E-state index >= 15 is 0 Å². The lowest BCUT2D eigenvalue weighted by molar-refractivity contribution is -0.163. The second-order valence-electron chi connectivity index (χ2n) is 5.51. The van der Waals surface area contributed by atoms with Gasteiger partial charge in [0.15, 0.2) is 6.29 Å². The highest BCUT2D eigenvalue weighted by atomic mass is 16.7. The van der Waals surface area contributed by atoms with Crippen LogP contribution in [0.2, 0.25) is 0 Å². The minimum Gasteiger partial charge on any atom is -0.351 e. The van der Waals surface area contributed by atoms with Crippen molar-refractivity contribution in [2.24, 2.45) is 5.92 Å². The molecule has 0 aromatic rings. The van der Waals surface area contributed by atoms with Gasteiger partial charge in [-0.25, -0.2) is 0 Å². The zero-order chi connectivity index (χ0) is 13.9. The van der Waals surface area contributed by atoms with E-state index in [1.54, 1.807) is 0 Å². The molecule has 3 heteroatoms. The Bertz CT molecular complexity index is 195. The number of hydrogen-bond acceptors (Lipinski definition) is 3. The fraction of sp³-hybridized carbons (Fsp3) is 1.00. The normalized spacial score (nSPS) is 19.6. The van der Waals surface area contributed by atoms with Crippen LogP contribution in [0, 0.1) is 5.92 Å². The van der Waals surface area contributed by atoms with Crippen molar-refractivity contribution in [3.63, 3.8) is 0 Å². The van der Waals surface area contributed by atoms with Gasteiger partial charge in [-0.2, -0.15) is 0 Å². The highest BCUT2D eigenvalue weighted by Crippen LogP contribution is 2.28. The van der Waals surface area contributed by atoms with Gasteiger partial charge in [0, 0.05) is 13.2 Å². The number of nitrogens with one attached hydrogen (secondary N) is 1. The fourth-order valence-corrected chi connectivity index (χ4v) is 3.05. The van der Waals surface area contributed by atoms with E-state index in [2.05, 4.69) is 26.1 Å². The molecule has 0 aliphatic heterocycles. The summed E-state index contributed by atoms with van der Waals surface area (Å²) in [5, 5.41) is 3.69. The highest BCUT2D eigenvalue weighted by Gasteiger charge is 2.30. The lowest BCUT2D eigenvalue weighted by atomic mass is 9.91. The van der Waals surface area contributed by atoms with E-state index in [1.807, 2.05) is 0 Å². The van der Waals surface area contributed by atoms with E-state index in [-0.39, 0.29) is 6.29 Å². The monoisotopic (exact) mass is 271 g/mol. The van der Waals surface area contributed by atoms with Crippen molar-refractivity contribution in [2.45, 2.75) is 78.0 Å². The first-order chi connectivity index (χ1) is 9.33. The van der Waals surface area contributed by atoms with Crippen LogP contribution in [0.3, 0.4) is 0 Å². The van der Waals surface area contributed by atoms with Crippen molar-refractivity contribution in [2.75, 3.05) is 19.8 Å². The summed E-state index contributed by atoms with van der Waals surface area (Å²) in [6.07, 6.45) is 9.23. The van der Waals surface area contributed by atoms with Crippen molar-refractivity contribution in [1.82, 2.24) is 5.32 Å². The van der Waals surface area contributed by atoms with Gasteiger partial charge in [0.05, 0.1) is 6.04 Å². The van der Waals surface area contributed by atoms with Crippen LogP contribution >= 0.6 is 0 Å². The van der Waals surface area contributed by atoms with Crippen molar-refractivity contribution in [1.29, 1.82) is 0 Å². The molecule has 1 unspecified atom stereocenters. The van der Waals surface area contributed by atoms with Gasteiger partial charge >= 0.3 is 0 Å². The molecule has 1 rings (SSSR count). The van der Waals surface area contributed by atoms with E-state index in [1.165, 1.54) is 38.5 Å². The van der Waals surface area contributed by atoms with E-state index < -0.39 is 0 Å². The van der Waals surface area contributed by atoms with Crippen molar-refractivity contribution < 1.29 is 9.47 Å². The summed E-state index contributed by atoms with van der Waals surface area (Å²) in [6.45, 7) is 8.82. The largest absolute Gasteiger partial charge is 0.351 e. The molecule has 0 spiro atoms. The third-order valence-corrected chi connectivity index (χ3v) is 3.99.